The standard InChI is InChI=1S/C24H34N6O3S/c1-29(2)34(31,32)26-14-6-7-15-30-21(16-17-10-12-18(33-3)13-11-17)28-22-23(30)19-8-4-5-9-20(19)27-24(22)25/h10-13,26H,4-9,14-16H2,1-3H3,(H2,25,27). The molecule has 0 saturated carbocycles. The van der Waals surface area contributed by atoms with E-state index in [9.17, 15) is 8.42 Å². The first kappa shape index (κ1) is 24.4. The molecule has 2 aromatic heterocycles. The molecule has 3 N–H and O–H groups in total. The molecule has 10 heteroatoms. The Morgan fingerprint density at radius 3 is 2.56 bits per heavy atom. The van der Waals surface area contributed by atoms with Crippen LogP contribution in [0.5, 0.6) is 5.75 Å². The van der Waals surface area contributed by atoms with Crippen molar-refractivity contribution in [3.63, 3.8) is 0 Å². The van der Waals surface area contributed by atoms with Gasteiger partial charge >= 0.3 is 0 Å². The summed E-state index contributed by atoms with van der Waals surface area (Å²) in [5, 5.41) is 0. The minimum Gasteiger partial charge on any atom is -0.497 e. The first-order valence-corrected chi connectivity index (χ1v) is 13.2. The molecule has 34 heavy (non-hydrogen) atoms. The van der Waals surface area contributed by atoms with Crippen molar-refractivity contribution in [1.82, 2.24) is 23.6 Å². The van der Waals surface area contributed by atoms with E-state index in [0.29, 0.717) is 18.8 Å². The number of hydrogen-bond donors (Lipinski definition) is 2. The number of ether oxygens (including phenoxy) is 1. The number of aryl methyl sites for hydroxylation is 3. The highest BCUT2D eigenvalue weighted by atomic mass is 32.2. The number of rotatable bonds is 10. The number of benzene rings is 1. The average molecular weight is 487 g/mol. The van der Waals surface area contributed by atoms with Crippen LogP contribution in [0.2, 0.25) is 0 Å². The molecule has 0 atom stereocenters. The fraction of sp³-hybridized carbons (Fsp3) is 0.500. The third-order valence-corrected chi connectivity index (χ3v) is 7.89. The third-order valence-electron chi connectivity index (χ3n) is 6.36. The summed E-state index contributed by atoms with van der Waals surface area (Å²) in [4.78, 5) is 9.63. The number of aromatic nitrogens is 3. The number of anilines is 1. The molecule has 0 saturated heterocycles. The van der Waals surface area contributed by atoms with Gasteiger partial charge < -0.3 is 15.0 Å². The molecule has 3 aromatic rings. The molecule has 0 spiro atoms. The molecular weight excluding hydrogens is 452 g/mol. The molecule has 1 aromatic carbocycles. The van der Waals surface area contributed by atoms with Gasteiger partial charge in [0.15, 0.2) is 5.82 Å². The maximum Gasteiger partial charge on any atom is 0.278 e. The molecular formula is C24H34N6O3S. The topological polar surface area (TPSA) is 115 Å². The van der Waals surface area contributed by atoms with E-state index in [4.69, 9.17) is 15.5 Å². The number of nitrogens with two attached hydrogens (primary N) is 1. The highest BCUT2D eigenvalue weighted by Crippen LogP contribution is 2.32. The lowest BCUT2D eigenvalue weighted by Crippen LogP contribution is -2.36. The van der Waals surface area contributed by atoms with Crippen molar-refractivity contribution < 1.29 is 13.2 Å². The van der Waals surface area contributed by atoms with Gasteiger partial charge in [-0.25, -0.2) is 14.7 Å². The molecule has 1 aliphatic rings. The molecule has 4 rings (SSSR count). The molecule has 184 valence electrons. The van der Waals surface area contributed by atoms with Crippen LogP contribution in [0.1, 0.15) is 48.3 Å². The highest BCUT2D eigenvalue weighted by Gasteiger charge is 2.23. The number of pyridine rings is 1. The highest BCUT2D eigenvalue weighted by molar-refractivity contribution is 7.87. The number of nitrogens with one attached hydrogen (secondary N) is 1. The molecule has 1 aliphatic carbocycles. The van der Waals surface area contributed by atoms with Crippen molar-refractivity contribution in [2.75, 3.05) is 33.5 Å². The number of fused-ring (bicyclic) bond motifs is 3. The van der Waals surface area contributed by atoms with Gasteiger partial charge in [0.2, 0.25) is 0 Å². The SMILES string of the molecule is COc1ccc(Cc2nc3c(N)nc4c(c3n2CCCCNS(=O)(=O)N(C)C)CCCC4)cc1. The summed E-state index contributed by atoms with van der Waals surface area (Å²) in [7, 11) is 1.29. The number of nitrogen functional groups attached to an aromatic ring is 1. The van der Waals surface area contributed by atoms with Gasteiger partial charge in [-0.3, -0.25) is 0 Å². The van der Waals surface area contributed by atoms with E-state index in [1.165, 1.54) is 24.0 Å². The molecule has 0 aliphatic heterocycles. The summed E-state index contributed by atoms with van der Waals surface area (Å²) in [5.74, 6) is 2.26. The Morgan fingerprint density at radius 1 is 1.12 bits per heavy atom. The molecule has 9 nitrogen and oxygen atoms in total. The molecule has 0 unspecified atom stereocenters. The minimum absolute atomic E-state index is 0.392. The van der Waals surface area contributed by atoms with Crippen LogP contribution in [0, 0.1) is 0 Å². The Morgan fingerprint density at radius 2 is 1.85 bits per heavy atom. The lowest BCUT2D eigenvalue weighted by atomic mass is 9.95. The van der Waals surface area contributed by atoms with Crippen molar-refractivity contribution in [1.29, 1.82) is 0 Å². The summed E-state index contributed by atoms with van der Waals surface area (Å²) < 4.78 is 35.3. The number of imidazole rings is 1. The van der Waals surface area contributed by atoms with Crippen LogP contribution in [0.15, 0.2) is 24.3 Å². The van der Waals surface area contributed by atoms with Gasteiger partial charge in [-0.1, -0.05) is 12.1 Å². The van der Waals surface area contributed by atoms with E-state index in [0.717, 1.165) is 78.9 Å². The van der Waals surface area contributed by atoms with E-state index in [1.807, 2.05) is 12.1 Å². The monoisotopic (exact) mass is 486 g/mol. The Bertz CT molecular complexity index is 1250. The molecule has 0 bridgehead atoms. The molecule has 0 amide bonds. The van der Waals surface area contributed by atoms with Gasteiger partial charge in [-0.2, -0.15) is 12.7 Å². The smallest absolute Gasteiger partial charge is 0.278 e. The van der Waals surface area contributed by atoms with Gasteiger partial charge in [0, 0.05) is 39.3 Å². The normalized spacial score (nSPS) is 14.0. The van der Waals surface area contributed by atoms with Gasteiger partial charge in [0.25, 0.3) is 10.2 Å². The van der Waals surface area contributed by atoms with Crippen molar-refractivity contribution in [2.24, 2.45) is 0 Å². The second-order valence-corrected chi connectivity index (χ2v) is 10.9. The largest absolute Gasteiger partial charge is 0.497 e. The first-order valence-electron chi connectivity index (χ1n) is 11.8. The third kappa shape index (κ3) is 5.18. The Labute approximate surface area is 201 Å². The second kappa shape index (κ2) is 10.3. The van der Waals surface area contributed by atoms with Crippen LogP contribution in [-0.4, -0.2) is 55.0 Å². The predicted octanol–water partition coefficient (Wildman–Crippen LogP) is 2.67. The average Bonchev–Trinajstić information content (AvgIpc) is 3.18. The summed E-state index contributed by atoms with van der Waals surface area (Å²) in [5.41, 5.74) is 11.7. The predicted molar refractivity (Wildman–Crippen MR) is 134 cm³/mol. The second-order valence-electron chi connectivity index (χ2n) is 8.92. The summed E-state index contributed by atoms with van der Waals surface area (Å²) >= 11 is 0. The summed E-state index contributed by atoms with van der Waals surface area (Å²) in [6, 6.07) is 8.01. The van der Waals surface area contributed by atoms with Crippen LogP contribution in [0.3, 0.4) is 0 Å². The lowest BCUT2D eigenvalue weighted by molar-refractivity contribution is 0.414. The Kier molecular flexibility index (Phi) is 7.39. The molecule has 2 heterocycles. The van der Waals surface area contributed by atoms with Gasteiger partial charge in [0.1, 0.15) is 17.1 Å². The number of unbranched alkanes of at least 4 members (excludes halogenated alkanes) is 1. The molecule has 0 fully saturated rings. The quantitative estimate of drug-likeness (QED) is 0.426. The summed E-state index contributed by atoms with van der Waals surface area (Å²) in [6.45, 7) is 1.13. The zero-order valence-electron chi connectivity index (χ0n) is 20.2. The maximum absolute atomic E-state index is 12.0. The molecule has 0 radical (unpaired) electrons. The number of methoxy groups -OCH3 is 1. The van der Waals surface area contributed by atoms with E-state index in [1.54, 1.807) is 7.11 Å². The van der Waals surface area contributed by atoms with E-state index in [2.05, 4.69) is 26.4 Å². The van der Waals surface area contributed by atoms with Crippen LogP contribution in [-0.2, 0) is 36.0 Å². The maximum atomic E-state index is 12.0. The van der Waals surface area contributed by atoms with Gasteiger partial charge in [-0.15, -0.1) is 0 Å². The Hall–Kier alpha value is -2.69. The zero-order chi connectivity index (χ0) is 24.3. The van der Waals surface area contributed by atoms with Crippen molar-refractivity contribution in [3.05, 3.63) is 46.9 Å². The van der Waals surface area contributed by atoms with Crippen molar-refractivity contribution in [3.8, 4) is 5.75 Å². The number of nitrogens with zero attached hydrogens (tertiary/aromatic N) is 4. The van der Waals surface area contributed by atoms with E-state index < -0.39 is 10.2 Å². The fourth-order valence-electron chi connectivity index (χ4n) is 4.48. The van der Waals surface area contributed by atoms with Crippen LogP contribution in [0.4, 0.5) is 5.82 Å². The summed E-state index contributed by atoms with van der Waals surface area (Å²) in [6.07, 6.45) is 6.39. The van der Waals surface area contributed by atoms with E-state index in [-0.39, 0.29) is 0 Å². The van der Waals surface area contributed by atoms with E-state index >= 15 is 0 Å². The Balaban J connectivity index is 1.62. The van der Waals surface area contributed by atoms with Crippen LogP contribution in [0.25, 0.3) is 11.0 Å². The fourth-order valence-corrected chi connectivity index (χ4v) is 5.14. The van der Waals surface area contributed by atoms with Crippen molar-refractivity contribution in [2.45, 2.75) is 51.5 Å². The first-order chi connectivity index (χ1) is 16.3. The van der Waals surface area contributed by atoms with Gasteiger partial charge in [-0.05, 0) is 61.8 Å². The van der Waals surface area contributed by atoms with Crippen molar-refractivity contribution >= 4 is 27.1 Å². The number of hydrogen-bond acceptors (Lipinski definition) is 6. The van der Waals surface area contributed by atoms with Crippen LogP contribution >= 0.6 is 0 Å². The minimum atomic E-state index is -3.41. The zero-order valence-corrected chi connectivity index (χ0v) is 21.0. The lowest BCUT2D eigenvalue weighted by Gasteiger charge is -2.18. The van der Waals surface area contributed by atoms with Crippen LogP contribution < -0.4 is 15.2 Å². The van der Waals surface area contributed by atoms with Gasteiger partial charge in [0.05, 0.1) is 12.6 Å².